The molecule has 36 heavy (non-hydrogen) atoms. The zero-order chi connectivity index (χ0) is 25.3. The van der Waals surface area contributed by atoms with E-state index in [0.29, 0.717) is 17.9 Å². The lowest BCUT2D eigenvalue weighted by Gasteiger charge is -2.16. The number of rotatable bonds is 12. The summed E-state index contributed by atoms with van der Waals surface area (Å²) in [6.45, 7) is 4.36. The normalized spacial score (nSPS) is 11.3. The zero-order valence-electron chi connectivity index (χ0n) is 21.9. The fourth-order valence-corrected chi connectivity index (χ4v) is 5.31. The average Bonchev–Trinajstić information content (AvgIpc) is 2.91. The first-order chi connectivity index (χ1) is 17.6. The maximum atomic E-state index is 11.1. The number of fused-ring (bicyclic) bond motifs is 1. The third kappa shape index (κ3) is 6.29. The molecule has 0 bridgehead atoms. The van der Waals surface area contributed by atoms with Crippen molar-refractivity contribution in [2.75, 3.05) is 0 Å². The van der Waals surface area contributed by atoms with E-state index in [4.69, 9.17) is 0 Å². The van der Waals surface area contributed by atoms with Gasteiger partial charge in [0.05, 0.1) is 0 Å². The molecular formula is C34H40O2. The number of aromatic hydroxyl groups is 2. The highest BCUT2D eigenvalue weighted by Crippen LogP contribution is 2.35. The molecule has 2 nitrogen and oxygen atoms in total. The van der Waals surface area contributed by atoms with Crippen molar-refractivity contribution in [2.24, 2.45) is 0 Å². The highest BCUT2D eigenvalue weighted by atomic mass is 16.3. The second-order valence-electron chi connectivity index (χ2n) is 10.1. The molecule has 0 aliphatic carbocycles. The van der Waals surface area contributed by atoms with E-state index in [1.54, 1.807) is 0 Å². The van der Waals surface area contributed by atoms with E-state index in [2.05, 4.69) is 50.2 Å². The summed E-state index contributed by atoms with van der Waals surface area (Å²) in [6.07, 6.45) is 10.7. The molecule has 0 heterocycles. The molecular weight excluding hydrogens is 440 g/mol. The van der Waals surface area contributed by atoms with Crippen molar-refractivity contribution in [1.29, 1.82) is 0 Å². The molecule has 4 aromatic rings. The molecule has 0 saturated heterocycles. The van der Waals surface area contributed by atoms with E-state index >= 15 is 0 Å². The van der Waals surface area contributed by atoms with Crippen LogP contribution in [0.3, 0.4) is 0 Å². The molecule has 0 aliphatic heterocycles. The van der Waals surface area contributed by atoms with Crippen LogP contribution in [0.25, 0.3) is 10.8 Å². The SMILES string of the molecule is CCCCCCCCc1cc(Cc2cc(Cc3ccccc3)c(O)c3ccccc23)cc(CC)c1O. The molecule has 2 heteroatoms. The van der Waals surface area contributed by atoms with Crippen LogP contribution in [0, 0.1) is 0 Å². The maximum Gasteiger partial charge on any atom is 0.126 e. The summed E-state index contributed by atoms with van der Waals surface area (Å²) in [6, 6.07) is 25.0. The quantitative estimate of drug-likeness (QED) is 0.199. The minimum Gasteiger partial charge on any atom is -0.507 e. The molecule has 0 unspecified atom stereocenters. The van der Waals surface area contributed by atoms with Crippen LogP contribution in [-0.2, 0) is 25.7 Å². The topological polar surface area (TPSA) is 40.5 Å². The van der Waals surface area contributed by atoms with E-state index in [9.17, 15) is 10.2 Å². The average molecular weight is 481 g/mol. The highest BCUT2D eigenvalue weighted by Gasteiger charge is 2.15. The van der Waals surface area contributed by atoms with Crippen LogP contribution in [0.4, 0.5) is 0 Å². The van der Waals surface area contributed by atoms with Crippen molar-refractivity contribution in [2.45, 2.75) is 78.1 Å². The minimum atomic E-state index is 0.377. The van der Waals surface area contributed by atoms with Gasteiger partial charge in [0.2, 0.25) is 0 Å². The van der Waals surface area contributed by atoms with Crippen molar-refractivity contribution < 1.29 is 10.2 Å². The van der Waals surface area contributed by atoms with Gasteiger partial charge in [-0.25, -0.2) is 0 Å². The smallest absolute Gasteiger partial charge is 0.126 e. The predicted molar refractivity (Wildman–Crippen MR) is 152 cm³/mol. The Balaban J connectivity index is 1.63. The van der Waals surface area contributed by atoms with Crippen molar-refractivity contribution in [3.63, 3.8) is 0 Å². The van der Waals surface area contributed by atoms with Gasteiger partial charge in [-0.3, -0.25) is 0 Å². The molecule has 0 fully saturated rings. The van der Waals surface area contributed by atoms with E-state index in [1.807, 2.05) is 36.4 Å². The Morgan fingerprint density at radius 1 is 0.528 bits per heavy atom. The summed E-state index contributed by atoms with van der Waals surface area (Å²) in [4.78, 5) is 0. The monoisotopic (exact) mass is 480 g/mol. The third-order valence-electron chi connectivity index (χ3n) is 7.32. The van der Waals surface area contributed by atoms with Gasteiger partial charge in [-0.15, -0.1) is 0 Å². The van der Waals surface area contributed by atoms with E-state index in [1.165, 1.54) is 48.8 Å². The summed E-state index contributed by atoms with van der Waals surface area (Å²) < 4.78 is 0. The number of hydrogen-bond acceptors (Lipinski definition) is 2. The number of unbranched alkanes of at least 4 members (excludes halogenated alkanes) is 5. The van der Waals surface area contributed by atoms with Gasteiger partial charge in [0.15, 0.2) is 0 Å². The Labute approximate surface area is 216 Å². The zero-order valence-corrected chi connectivity index (χ0v) is 21.9. The standard InChI is InChI=1S/C34H40O2/c1-3-5-6-7-8-12-17-28-22-26(21-27(4-2)33(28)35)23-29-24-30(20-25-15-10-9-11-16-25)34(36)32-19-14-13-18-31(29)32/h9-11,13-16,18-19,21-22,24,35-36H,3-8,12,17,20,23H2,1-2H3. The van der Waals surface area contributed by atoms with Crippen LogP contribution in [0.1, 0.15) is 85.8 Å². The number of benzene rings is 4. The van der Waals surface area contributed by atoms with Crippen molar-refractivity contribution in [1.82, 2.24) is 0 Å². The number of hydrogen-bond donors (Lipinski definition) is 2. The van der Waals surface area contributed by atoms with Crippen LogP contribution < -0.4 is 0 Å². The number of aryl methyl sites for hydroxylation is 2. The Hall–Kier alpha value is -3.26. The molecule has 2 N–H and O–H groups in total. The van der Waals surface area contributed by atoms with E-state index in [0.717, 1.165) is 53.1 Å². The summed E-state index contributed by atoms with van der Waals surface area (Å²) in [7, 11) is 0. The van der Waals surface area contributed by atoms with Gasteiger partial charge < -0.3 is 10.2 Å². The Bertz CT molecular complexity index is 1270. The lowest BCUT2D eigenvalue weighted by molar-refractivity contribution is 0.459. The Morgan fingerprint density at radius 2 is 1.17 bits per heavy atom. The molecule has 0 atom stereocenters. The molecule has 0 spiro atoms. The lowest BCUT2D eigenvalue weighted by atomic mass is 9.90. The van der Waals surface area contributed by atoms with Crippen LogP contribution >= 0.6 is 0 Å². The lowest BCUT2D eigenvalue weighted by Crippen LogP contribution is -1.99. The fraction of sp³-hybridized carbons (Fsp3) is 0.353. The predicted octanol–water partition coefficient (Wildman–Crippen LogP) is 8.90. The Morgan fingerprint density at radius 3 is 1.92 bits per heavy atom. The molecule has 4 rings (SSSR count). The van der Waals surface area contributed by atoms with Gasteiger partial charge in [0.1, 0.15) is 11.5 Å². The first kappa shape index (κ1) is 25.8. The summed E-state index contributed by atoms with van der Waals surface area (Å²) in [5.74, 6) is 0.858. The third-order valence-corrected chi connectivity index (χ3v) is 7.32. The second kappa shape index (κ2) is 12.6. The molecule has 0 radical (unpaired) electrons. The van der Waals surface area contributed by atoms with Crippen LogP contribution in [0.5, 0.6) is 11.5 Å². The molecule has 188 valence electrons. The largest absolute Gasteiger partial charge is 0.507 e. The van der Waals surface area contributed by atoms with Gasteiger partial charge in [-0.2, -0.15) is 0 Å². The molecule has 0 saturated carbocycles. The van der Waals surface area contributed by atoms with Crippen molar-refractivity contribution in [3.8, 4) is 11.5 Å². The summed E-state index contributed by atoms with van der Waals surface area (Å²) in [5.41, 5.74) is 6.69. The molecule has 0 amide bonds. The van der Waals surface area contributed by atoms with Gasteiger partial charge in [0.25, 0.3) is 0 Å². The number of phenols is 2. The van der Waals surface area contributed by atoms with Gasteiger partial charge in [-0.1, -0.05) is 119 Å². The maximum absolute atomic E-state index is 11.1. The highest BCUT2D eigenvalue weighted by molar-refractivity contribution is 5.92. The van der Waals surface area contributed by atoms with Crippen LogP contribution in [0.15, 0.2) is 72.8 Å². The first-order valence-electron chi connectivity index (χ1n) is 13.7. The molecule has 0 aromatic heterocycles. The molecule has 4 aromatic carbocycles. The van der Waals surface area contributed by atoms with Crippen LogP contribution in [-0.4, -0.2) is 10.2 Å². The van der Waals surface area contributed by atoms with Crippen molar-refractivity contribution in [3.05, 3.63) is 106 Å². The Kier molecular flexibility index (Phi) is 9.06. The van der Waals surface area contributed by atoms with Crippen LogP contribution in [0.2, 0.25) is 0 Å². The fourth-order valence-electron chi connectivity index (χ4n) is 5.31. The van der Waals surface area contributed by atoms with Gasteiger partial charge in [-0.05, 0) is 64.5 Å². The number of phenolic OH excluding ortho intramolecular Hbond substituents is 2. The second-order valence-corrected chi connectivity index (χ2v) is 10.1. The molecule has 0 aliphatic rings. The van der Waals surface area contributed by atoms with Gasteiger partial charge >= 0.3 is 0 Å². The summed E-state index contributed by atoms with van der Waals surface area (Å²) >= 11 is 0. The summed E-state index contributed by atoms with van der Waals surface area (Å²) in [5, 5.41) is 24.0. The first-order valence-corrected chi connectivity index (χ1v) is 13.7. The van der Waals surface area contributed by atoms with Gasteiger partial charge in [0, 0.05) is 11.8 Å². The van der Waals surface area contributed by atoms with E-state index < -0.39 is 0 Å². The van der Waals surface area contributed by atoms with E-state index in [-0.39, 0.29) is 0 Å². The van der Waals surface area contributed by atoms with Crippen molar-refractivity contribution >= 4 is 10.8 Å². The minimum absolute atomic E-state index is 0.377.